The maximum atomic E-state index is 11.8. The molecule has 126 valence electrons. The number of amides is 1. The Kier molecular flexibility index (Phi) is 5.10. The zero-order chi connectivity index (χ0) is 17.1. The van der Waals surface area contributed by atoms with Crippen LogP contribution in [0.5, 0.6) is 0 Å². The number of oxazole rings is 1. The first kappa shape index (κ1) is 17.1. The Balaban J connectivity index is 0.000000924. The van der Waals surface area contributed by atoms with Crippen LogP contribution in [0.25, 0.3) is 11.1 Å². The van der Waals surface area contributed by atoms with Gasteiger partial charge in [0.25, 0.3) is 0 Å². The maximum Gasteiger partial charge on any atom is 0.420 e. The van der Waals surface area contributed by atoms with Gasteiger partial charge in [-0.25, -0.2) is 9.59 Å². The van der Waals surface area contributed by atoms with E-state index in [9.17, 15) is 9.59 Å². The van der Waals surface area contributed by atoms with Crippen molar-refractivity contribution in [2.45, 2.75) is 39.8 Å². The molecule has 1 aliphatic rings. The van der Waals surface area contributed by atoms with Crippen molar-refractivity contribution in [1.82, 2.24) is 4.57 Å². The van der Waals surface area contributed by atoms with Gasteiger partial charge in [-0.2, -0.15) is 0 Å². The number of hydrogen-bond donors (Lipinski definition) is 1. The van der Waals surface area contributed by atoms with Gasteiger partial charge in [0.05, 0.1) is 17.7 Å². The molecule has 1 unspecified atom stereocenters. The van der Waals surface area contributed by atoms with Crippen molar-refractivity contribution in [1.29, 1.82) is 0 Å². The van der Waals surface area contributed by atoms with Gasteiger partial charge in [-0.1, -0.05) is 13.8 Å². The second kappa shape index (κ2) is 6.87. The third-order valence-corrected chi connectivity index (χ3v) is 3.56. The number of hydrogen-bond acceptors (Lipinski definition) is 5. The first-order valence-corrected chi connectivity index (χ1v) is 7.84. The Labute approximate surface area is 134 Å². The molecule has 0 spiro atoms. The van der Waals surface area contributed by atoms with Crippen molar-refractivity contribution in [3.05, 3.63) is 28.7 Å². The Morgan fingerprint density at radius 1 is 1.30 bits per heavy atom. The van der Waals surface area contributed by atoms with Gasteiger partial charge < -0.3 is 14.9 Å². The van der Waals surface area contributed by atoms with Crippen molar-refractivity contribution in [2.24, 2.45) is 5.73 Å². The Morgan fingerprint density at radius 3 is 2.57 bits per heavy atom. The molecule has 1 aromatic heterocycles. The third kappa shape index (κ3) is 3.10. The smallest absolute Gasteiger partial charge is 0.420 e. The highest BCUT2D eigenvalue weighted by molar-refractivity contribution is 5.92. The number of ether oxygens (including phenoxy) is 1. The number of aromatic nitrogens is 1. The minimum absolute atomic E-state index is 0.00275. The van der Waals surface area contributed by atoms with Crippen molar-refractivity contribution in [2.75, 3.05) is 18.0 Å². The fraction of sp³-hybridized carbons (Fsp3) is 0.500. The van der Waals surface area contributed by atoms with E-state index in [0.29, 0.717) is 23.3 Å². The topological polar surface area (TPSA) is 90.7 Å². The summed E-state index contributed by atoms with van der Waals surface area (Å²) < 4.78 is 11.9. The number of benzene rings is 1. The summed E-state index contributed by atoms with van der Waals surface area (Å²) in [6.07, 6.45) is -0.740. The molecule has 1 atom stereocenters. The lowest BCUT2D eigenvalue weighted by Crippen LogP contribution is -2.27. The molecule has 1 fully saturated rings. The minimum Gasteiger partial charge on any atom is -0.443 e. The second-order valence-corrected chi connectivity index (χ2v) is 5.34. The summed E-state index contributed by atoms with van der Waals surface area (Å²) in [4.78, 5) is 25.2. The van der Waals surface area contributed by atoms with Crippen molar-refractivity contribution < 1.29 is 13.9 Å². The molecule has 7 heteroatoms. The van der Waals surface area contributed by atoms with E-state index >= 15 is 0 Å². The lowest BCUT2D eigenvalue weighted by atomic mass is 10.2. The molecule has 1 aliphatic heterocycles. The van der Waals surface area contributed by atoms with Crippen LogP contribution in [-0.2, 0) is 4.74 Å². The highest BCUT2D eigenvalue weighted by Crippen LogP contribution is 2.26. The summed E-state index contributed by atoms with van der Waals surface area (Å²) in [5, 5.41) is 0. The number of anilines is 1. The zero-order valence-electron chi connectivity index (χ0n) is 13.9. The molecule has 2 aromatic rings. The van der Waals surface area contributed by atoms with E-state index in [4.69, 9.17) is 14.9 Å². The average Bonchev–Trinajstić information content (AvgIpc) is 3.07. The van der Waals surface area contributed by atoms with Gasteiger partial charge in [0.1, 0.15) is 6.10 Å². The molecule has 2 heterocycles. The summed E-state index contributed by atoms with van der Waals surface area (Å²) in [5.41, 5.74) is 7.31. The number of carbonyl (C=O) groups excluding carboxylic acids is 1. The van der Waals surface area contributed by atoms with Gasteiger partial charge in [0.15, 0.2) is 5.58 Å². The van der Waals surface area contributed by atoms with Crippen LogP contribution in [0.4, 0.5) is 10.5 Å². The van der Waals surface area contributed by atoms with Gasteiger partial charge in [-0.3, -0.25) is 9.47 Å². The van der Waals surface area contributed by atoms with Crippen molar-refractivity contribution in [3.8, 4) is 0 Å². The van der Waals surface area contributed by atoms with Crippen LogP contribution in [0.2, 0.25) is 0 Å². The van der Waals surface area contributed by atoms with Gasteiger partial charge in [-0.15, -0.1) is 0 Å². The van der Waals surface area contributed by atoms with Gasteiger partial charge in [0, 0.05) is 18.7 Å². The van der Waals surface area contributed by atoms with E-state index < -0.39 is 11.8 Å². The predicted molar refractivity (Wildman–Crippen MR) is 88.9 cm³/mol. The largest absolute Gasteiger partial charge is 0.443 e. The molecule has 1 saturated heterocycles. The standard InChI is InChI=1S/C14H17N3O4.C2H6/c1-8(2)17-11-4-3-9(5-12(11)21-14(17)19)16-7-10(6-15)20-13(16)18;1-2/h3-5,8,10H,6-7,15H2,1-2H3;1-2H3. The van der Waals surface area contributed by atoms with Crippen molar-refractivity contribution in [3.63, 3.8) is 0 Å². The summed E-state index contributed by atoms with van der Waals surface area (Å²) in [6, 6.07) is 5.23. The Morgan fingerprint density at radius 2 is 2.00 bits per heavy atom. The number of cyclic esters (lactones) is 1. The Bertz CT molecular complexity index is 747. The maximum absolute atomic E-state index is 11.8. The number of fused-ring (bicyclic) bond motifs is 1. The molecule has 1 amide bonds. The molecule has 0 bridgehead atoms. The minimum atomic E-state index is -0.435. The molecule has 1 aromatic carbocycles. The van der Waals surface area contributed by atoms with E-state index in [0.717, 1.165) is 0 Å². The van der Waals surface area contributed by atoms with E-state index in [1.54, 1.807) is 22.8 Å². The number of nitrogens with zero attached hydrogens (tertiary/aromatic N) is 2. The van der Waals surface area contributed by atoms with Crippen LogP contribution in [-0.4, -0.2) is 29.9 Å². The molecular formula is C16H23N3O4. The summed E-state index contributed by atoms with van der Waals surface area (Å²) >= 11 is 0. The average molecular weight is 321 g/mol. The van der Waals surface area contributed by atoms with E-state index in [-0.39, 0.29) is 18.7 Å². The molecule has 2 N–H and O–H groups in total. The summed E-state index contributed by atoms with van der Waals surface area (Å²) in [5.74, 6) is -0.402. The molecule has 3 rings (SSSR count). The van der Waals surface area contributed by atoms with Gasteiger partial charge >= 0.3 is 11.8 Å². The SMILES string of the molecule is CC.CC(C)n1c(=O)oc2cc(N3CC(CN)OC3=O)ccc21. The highest BCUT2D eigenvalue weighted by atomic mass is 16.6. The predicted octanol–water partition coefficient (Wildman–Crippen LogP) is 2.49. The van der Waals surface area contributed by atoms with E-state index in [1.807, 2.05) is 27.7 Å². The fourth-order valence-electron chi connectivity index (χ4n) is 2.54. The summed E-state index contributed by atoms with van der Waals surface area (Å²) in [7, 11) is 0. The van der Waals surface area contributed by atoms with Crippen LogP contribution in [0, 0.1) is 0 Å². The monoisotopic (exact) mass is 321 g/mol. The molecular weight excluding hydrogens is 298 g/mol. The molecule has 0 aliphatic carbocycles. The molecule has 0 radical (unpaired) electrons. The number of nitrogens with two attached hydrogens (primary N) is 1. The van der Waals surface area contributed by atoms with Gasteiger partial charge in [0.2, 0.25) is 0 Å². The zero-order valence-corrected chi connectivity index (χ0v) is 13.9. The van der Waals surface area contributed by atoms with Crippen LogP contribution < -0.4 is 16.4 Å². The van der Waals surface area contributed by atoms with Crippen LogP contribution >= 0.6 is 0 Å². The normalized spacial score (nSPS) is 17.4. The quantitative estimate of drug-likeness (QED) is 0.938. The number of carbonyl (C=O) groups is 1. The van der Waals surface area contributed by atoms with Crippen LogP contribution in [0.15, 0.2) is 27.4 Å². The van der Waals surface area contributed by atoms with Gasteiger partial charge in [-0.05, 0) is 26.0 Å². The third-order valence-electron chi connectivity index (χ3n) is 3.56. The number of rotatable bonds is 3. The fourth-order valence-corrected chi connectivity index (χ4v) is 2.54. The van der Waals surface area contributed by atoms with E-state index in [2.05, 4.69) is 0 Å². The Hall–Kier alpha value is -2.28. The molecule has 0 saturated carbocycles. The first-order chi connectivity index (χ1) is 11.0. The first-order valence-electron chi connectivity index (χ1n) is 7.84. The van der Waals surface area contributed by atoms with Crippen LogP contribution in [0.3, 0.4) is 0 Å². The highest BCUT2D eigenvalue weighted by Gasteiger charge is 2.31. The molecule has 23 heavy (non-hydrogen) atoms. The lowest BCUT2D eigenvalue weighted by molar-refractivity contribution is 0.145. The second-order valence-electron chi connectivity index (χ2n) is 5.34. The van der Waals surface area contributed by atoms with E-state index in [1.165, 1.54) is 4.90 Å². The molecule has 7 nitrogen and oxygen atoms in total. The summed E-state index contributed by atoms with van der Waals surface area (Å²) in [6.45, 7) is 8.50. The van der Waals surface area contributed by atoms with Crippen molar-refractivity contribution >= 4 is 22.9 Å². The van der Waals surface area contributed by atoms with Crippen LogP contribution in [0.1, 0.15) is 33.7 Å². The lowest BCUT2D eigenvalue weighted by Gasteiger charge is -2.13.